The van der Waals surface area contributed by atoms with Gasteiger partial charge >= 0.3 is 6.03 Å². The van der Waals surface area contributed by atoms with Crippen molar-refractivity contribution in [3.63, 3.8) is 0 Å². The van der Waals surface area contributed by atoms with E-state index >= 15 is 0 Å². The van der Waals surface area contributed by atoms with Gasteiger partial charge in [-0.15, -0.1) is 0 Å². The van der Waals surface area contributed by atoms with Gasteiger partial charge in [0.1, 0.15) is 0 Å². The summed E-state index contributed by atoms with van der Waals surface area (Å²) in [6.07, 6.45) is 6.62. The highest BCUT2D eigenvalue weighted by molar-refractivity contribution is 5.75. The molecular weight excluding hydrogens is 262 g/mol. The maximum atomic E-state index is 12.7. The summed E-state index contributed by atoms with van der Waals surface area (Å²) in [5, 5.41) is 6.98. The molecule has 0 aliphatic carbocycles. The van der Waals surface area contributed by atoms with Crippen LogP contribution in [0.1, 0.15) is 73.1 Å². The van der Waals surface area contributed by atoms with Gasteiger partial charge in [-0.05, 0) is 66.2 Å². The number of carbonyl (C=O) groups is 1. The van der Waals surface area contributed by atoms with Gasteiger partial charge in [-0.25, -0.2) is 4.79 Å². The van der Waals surface area contributed by atoms with E-state index in [2.05, 4.69) is 50.2 Å². The van der Waals surface area contributed by atoms with Crippen molar-refractivity contribution in [2.75, 3.05) is 6.54 Å². The number of amides is 2. The molecule has 2 heterocycles. The van der Waals surface area contributed by atoms with Crippen molar-refractivity contribution in [1.82, 2.24) is 15.5 Å². The molecule has 0 saturated carbocycles. The van der Waals surface area contributed by atoms with Crippen molar-refractivity contribution in [3.8, 4) is 0 Å². The van der Waals surface area contributed by atoms with E-state index in [1.54, 1.807) is 0 Å². The molecule has 2 aliphatic heterocycles. The maximum Gasteiger partial charge on any atom is 0.317 e. The summed E-state index contributed by atoms with van der Waals surface area (Å²) >= 11 is 0. The average Bonchev–Trinajstić information content (AvgIpc) is 2.34. The first-order valence-corrected chi connectivity index (χ1v) is 8.59. The number of hydrogen-bond acceptors (Lipinski definition) is 2. The monoisotopic (exact) mass is 295 g/mol. The Bertz CT molecular complexity index is 362. The smallest absolute Gasteiger partial charge is 0.317 e. The van der Waals surface area contributed by atoms with Crippen molar-refractivity contribution in [3.05, 3.63) is 0 Å². The van der Waals surface area contributed by atoms with E-state index in [4.69, 9.17) is 0 Å². The van der Waals surface area contributed by atoms with Crippen LogP contribution in [0.2, 0.25) is 0 Å². The summed E-state index contributed by atoms with van der Waals surface area (Å²) in [5.74, 6) is 0. The van der Waals surface area contributed by atoms with Crippen LogP contribution in [-0.2, 0) is 0 Å². The molecule has 1 unspecified atom stereocenters. The fourth-order valence-electron chi connectivity index (χ4n) is 4.37. The van der Waals surface area contributed by atoms with E-state index in [0.29, 0.717) is 6.04 Å². The summed E-state index contributed by atoms with van der Waals surface area (Å²) in [5.41, 5.74) is 0.150. The molecular formula is C17H33N3O. The Morgan fingerprint density at radius 2 is 1.81 bits per heavy atom. The van der Waals surface area contributed by atoms with Gasteiger partial charge in [-0.3, -0.25) is 0 Å². The number of likely N-dealkylation sites (tertiary alicyclic amines) is 1. The SMILES string of the molecule is CCC1CCCCN1C(=O)NC1CC(C)(C)NC(C)(C)C1. The van der Waals surface area contributed by atoms with Gasteiger partial charge in [-0.2, -0.15) is 0 Å². The van der Waals surface area contributed by atoms with Crippen LogP contribution in [0, 0.1) is 0 Å². The molecule has 0 aromatic rings. The molecule has 0 aromatic heterocycles. The lowest BCUT2D eigenvalue weighted by molar-refractivity contribution is 0.122. The molecule has 2 saturated heterocycles. The normalized spacial score (nSPS) is 29.2. The van der Waals surface area contributed by atoms with Crippen molar-refractivity contribution < 1.29 is 4.79 Å². The van der Waals surface area contributed by atoms with Crippen LogP contribution in [0.25, 0.3) is 0 Å². The molecule has 2 rings (SSSR count). The van der Waals surface area contributed by atoms with Crippen LogP contribution in [0.15, 0.2) is 0 Å². The minimum atomic E-state index is 0.0752. The number of nitrogens with one attached hydrogen (secondary N) is 2. The third-order valence-electron chi connectivity index (χ3n) is 4.88. The highest BCUT2D eigenvalue weighted by Crippen LogP contribution is 2.29. The van der Waals surface area contributed by atoms with Crippen molar-refractivity contribution in [2.45, 2.75) is 96.3 Å². The molecule has 4 heteroatoms. The lowest BCUT2D eigenvalue weighted by Crippen LogP contribution is -2.63. The molecule has 122 valence electrons. The molecule has 2 aliphatic rings. The quantitative estimate of drug-likeness (QED) is 0.821. The largest absolute Gasteiger partial charge is 0.335 e. The molecule has 0 bridgehead atoms. The van der Waals surface area contributed by atoms with Crippen LogP contribution in [0.3, 0.4) is 0 Å². The van der Waals surface area contributed by atoms with Crippen molar-refractivity contribution in [1.29, 1.82) is 0 Å². The third-order valence-corrected chi connectivity index (χ3v) is 4.88. The number of rotatable bonds is 2. The first-order chi connectivity index (χ1) is 9.72. The number of piperidine rings is 2. The van der Waals surface area contributed by atoms with E-state index in [9.17, 15) is 4.79 Å². The molecule has 0 radical (unpaired) electrons. The lowest BCUT2D eigenvalue weighted by Gasteiger charge is -2.47. The van der Waals surface area contributed by atoms with E-state index in [1.165, 1.54) is 6.42 Å². The van der Waals surface area contributed by atoms with Crippen molar-refractivity contribution in [2.24, 2.45) is 0 Å². The highest BCUT2D eigenvalue weighted by Gasteiger charge is 2.39. The fraction of sp³-hybridized carbons (Fsp3) is 0.941. The van der Waals surface area contributed by atoms with Crippen LogP contribution < -0.4 is 10.6 Å². The number of nitrogens with zero attached hydrogens (tertiary/aromatic N) is 1. The van der Waals surface area contributed by atoms with E-state index in [0.717, 1.165) is 38.6 Å². The van der Waals surface area contributed by atoms with Crippen molar-refractivity contribution >= 4 is 6.03 Å². The minimum absolute atomic E-state index is 0.0752. The fourth-order valence-corrected chi connectivity index (χ4v) is 4.37. The Balaban J connectivity index is 1.98. The molecule has 2 N–H and O–H groups in total. The van der Waals surface area contributed by atoms with Gasteiger partial charge in [0.15, 0.2) is 0 Å². The maximum absolute atomic E-state index is 12.7. The number of carbonyl (C=O) groups excluding carboxylic acids is 1. The summed E-state index contributed by atoms with van der Waals surface area (Å²) in [4.78, 5) is 14.7. The lowest BCUT2D eigenvalue weighted by atomic mass is 9.79. The average molecular weight is 295 g/mol. The Kier molecular flexibility index (Phi) is 4.86. The second kappa shape index (κ2) is 6.15. The molecule has 2 amide bonds. The second-order valence-corrected chi connectivity index (χ2v) is 8.20. The summed E-state index contributed by atoms with van der Waals surface area (Å²) < 4.78 is 0. The van der Waals surface area contributed by atoms with Gasteiger partial charge in [-0.1, -0.05) is 6.92 Å². The Morgan fingerprint density at radius 1 is 1.19 bits per heavy atom. The molecule has 0 aromatic carbocycles. The van der Waals surface area contributed by atoms with Crippen LogP contribution in [-0.4, -0.2) is 40.6 Å². The number of urea groups is 1. The minimum Gasteiger partial charge on any atom is -0.335 e. The summed E-state index contributed by atoms with van der Waals surface area (Å²) in [6.45, 7) is 12.0. The zero-order valence-electron chi connectivity index (χ0n) is 14.5. The molecule has 21 heavy (non-hydrogen) atoms. The predicted octanol–water partition coefficient (Wildman–Crippen LogP) is 3.27. The summed E-state index contributed by atoms with van der Waals surface area (Å²) in [7, 11) is 0. The zero-order valence-corrected chi connectivity index (χ0v) is 14.5. The Morgan fingerprint density at radius 3 is 2.38 bits per heavy atom. The van der Waals surface area contributed by atoms with E-state index < -0.39 is 0 Å². The van der Waals surface area contributed by atoms with E-state index in [-0.39, 0.29) is 23.2 Å². The molecule has 1 atom stereocenters. The first kappa shape index (κ1) is 16.6. The van der Waals surface area contributed by atoms with E-state index in [1.807, 2.05) is 0 Å². The summed E-state index contributed by atoms with van der Waals surface area (Å²) in [6, 6.07) is 0.852. The number of hydrogen-bond donors (Lipinski definition) is 2. The Hall–Kier alpha value is -0.770. The van der Waals surface area contributed by atoms with Gasteiger partial charge in [0, 0.05) is 29.7 Å². The van der Waals surface area contributed by atoms with Gasteiger partial charge in [0.05, 0.1) is 0 Å². The van der Waals surface area contributed by atoms with Gasteiger partial charge in [0.25, 0.3) is 0 Å². The molecule has 0 spiro atoms. The van der Waals surface area contributed by atoms with Crippen LogP contribution >= 0.6 is 0 Å². The highest BCUT2D eigenvalue weighted by atomic mass is 16.2. The van der Waals surface area contributed by atoms with Gasteiger partial charge < -0.3 is 15.5 Å². The standard InChI is InChI=1S/C17H33N3O/c1-6-14-9-7-8-10-20(14)15(21)18-13-11-16(2,3)19-17(4,5)12-13/h13-14,19H,6-12H2,1-5H3,(H,18,21). The van der Waals surface area contributed by atoms with Crippen LogP contribution in [0.4, 0.5) is 4.79 Å². The van der Waals surface area contributed by atoms with Crippen LogP contribution in [0.5, 0.6) is 0 Å². The van der Waals surface area contributed by atoms with Gasteiger partial charge in [0.2, 0.25) is 0 Å². The third kappa shape index (κ3) is 4.35. The molecule has 4 nitrogen and oxygen atoms in total. The molecule has 2 fully saturated rings. The zero-order chi connectivity index (χ0) is 15.7. The Labute approximate surface area is 130 Å². The second-order valence-electron chi connectivity index (χ2n) is 8.20. The first-order valence-electron chi connectivity index (χ1n) is 8.59. The predicted molar refractivity (Wildman–Crippen MR) is 87.5 cm³/mol. The topological polar surface area (TPSA) is 44.4 Å².